The molecule has 5 nitrogen and oxygen atoms in total. The van der Waals surface area contributed by atoms with E-state index in [9.17, 15) is 8.42 Å². The van der Waals surface area contributed by atoms with Crippen LogP contribution in [0.2, 0.25) is 0 Å². The summed E-state index contributed by atoms with van der Waals surface area (Å²) < 4.78 is 27.5. The molecular weight excluding hydrogens is 334 g/mol. The summed E-state index contributed by atoms with van der Waals surface area (Å²) in [6.07, 6.45) is 4.99. The summed E-state index contributed by atoms with van der Waals surface area (Å²) in [5.41, 5.74) is 3.53. The van der Waals surface area contributed by atoms with E-state index in [1.165, 1.54) is 11.1 Å². The molecule has 1 saturated heterocycles. The van der Waals surface area contributed by atoms with Crippen molar-refractivity contribution in [1.29, 1.82) is 0 Å². The van der Waals surface area contributed by atoms with Gasteiger partial charge in [-0.1, -0.05) is 12.1 Å². The van der Waals surface area contributed by atoms with Gasteiger partial charge in [0.2, 0.25) is 10.0 Å². The molecule has 2 aliphatic rings. The van der Waals surface area contributed by atoms with Crippen LogP contribution >= 0.6 is 0 Å². The predicted molar refractivity (Wildman–Crippen MR) is 96.7 cm³/mol. The Kier molecular flexibility index (Phi) is 4.58. The quantitative estimate of drug-likeness (QED) is 0.841. The average Bonchev–Trinajstić information content (AvgIpc) is 3.11. The fourth-order valence-electron chi connectivity index (χ4n) is 3.71. The normalized spacial score (nSPS) is 19.0. The molecule has 2 heterocycles. The zero-order valence-electron chi connectivity index (χ0n) is 14.3. The first-order chi connectivity index (χ1) is 12.1. The Morgan fingerprint density at radius 2 is 1.76 bits per heavy atom. The van der Waals surface area contributed by atoms with Crippen LogP contribution in [-0.2, 0) is 29.4 Å². The first kappa shape index (κ1) is 16.7. The lowest BCUT2D eigenvalue weighted by atomic mass is 10.1. The van der Waals surface area contributed by atoms with E-state index in [0.29, 0.717) is 18.0 Å². The first-order valence-electron chi connectivity index (χ1n) is 8.87. The maximum atomic E-state index is 12.9. The van der Waals surface area contributed by atoms with E-state index < -0.39 is 10.0 Å². The minimum Gasteiger partial charge on any atom is -0.295 e. The average molecular weight is 357 g/mol. The van der Waals surface area contributed by atoms with E-state index in [2.05, 4.69) is 9.88 Å². The molecule has 1 fully saturated rings. The number of piperazine rings is 1. The van der Waals surface area contributed by atoms with Crippen molar-refractivity contribution in [2.75, 3.05) is 26.2 Å². The van der Waals surface area contributed by atoms with E-state index in [1.807, 2.05) is 30.3 Å². The second-order valence-corrected chi connectivity index (χ2v) is 8.72. The third-order valence-electron chi connectivity index (χ3n) is 5.15. The Labute approximate surface area is 149 Å². The summed E-state index contributed by atoms with van der Waals surface area (Å²) in [5, 5.41) is 0. The molecule has 0 amide bonds. The van der Waals surface area contributed by atoms with Crippen LogP contribution in [0.3, 0.4) is 0 Å². The zero-order chi connectivity index (χ0) is 17.3. The first-order valence-corrected chi connectivity index (χ1v) is 10.3. The van der Waals surface area contributed by atoms with Crippen LogP contribution in [0.15, 0.2) is 47.5 Å². The van der Waals surface area contributed by atoms with Crippen molar-refractivity contribution < 1.29 is 8.42 Å². The lowest BCUT2D eigenvalue weighted by molar-refractivity contribution is 0.180. The van der Waals surface area contributed by atoms with Gasteiger partial charge in [-0.15, -0.1) is 0 Å². The van der Waals surface area contributed by atoms with Gasteiger partial charge in [-0.25, -0.2) is 8.42 Å². The molecule has 0 bridgehead atoms. The molecule has 6 heteroatoms. The number of benzene rings is 1. The Balaban J connectivity index is 1.43. The van der Waals surface area contributed by atoms with Gasteiger partial charge in [0.25, 0.3) is 0 Å². The molecule has 0 radical (unpaired) electrons. The molecule has 1 aliphatic carbocycles. The van der Waals surface area contributed by atoms with Crippen molar-refractivity contribution in [3.63, 3.8) is 0 Å². The third kappa shape index (κ3) is 3.47. The highest BCUT2D eigenvalue weighted by atomic mass is 32.2. The zero-order valence-corrected chi connectivity index (χ0v) is 15.1. The fraction of sp³-hybridized carbons (Fsp3) is 0.421. The Hall–Kier alpha value is -1.76. The van der Waals surface area contributed by atoms with E-state index in [1.54, 1.807) is 16.6 Å². The van der Waals surface area contributed by atoms with Crippen molar-refractivity contribution in [2.45, 2.75) is 30.7 Å². The topological polar surface area (TPSA) is 53.5 Å². The van der Waals surface area contributed by atoms with Crippen molar-refractivity contribution in [2.24, 2.45) is 0 Å². The van der Waals surface area contributed by atoms with Crippen molar-refractivity contribution in [1.82, 2.24) is 14.2 Å². The Morgan fingerprint density at radius 1 is 0.960 bits per heavy atom. The van der Waals surface area contributed by atoms with Gasteiger partial charge < -0.3 is 0 Å². The summed E-state index contributed by atoms with van der Waals surface area (Å²) >= 11 is 0. The second kappa shape index (κ2) is 6.86. The summed E-state index contributed by atoms with van der Waals surface area (Å²) in [6.45, 7) is 3.31. The highest BCUT2D eigenvalue weighted by Crippen LogP contribution is 2.26. The van der Waals surface area contributed by atoms with Gasteiger partial charge in [-0.05, 0) is 54.7 Å². The van der Waals surface area contributed by atoms with Gasteiger partial charge in [-0.2, -0.15) is 4.31 Å². The molecule has 0 spiro atoms. The largest absolute Gasteiger partial charge is 0.295 e. The summed E-state index contributed by atoms with van der Waals surface area (Å²) in [7, 11) is -3.39. The maximum absolute atomic E-state index is 12.9. The summed E-state index contributed by atoms with van der Waals surface area (Å²) in [5.74, 6) is 0. The van der Waals surface area contributed by atoms with Crippen LogP contribution in [0.5, 0.6) is 0 Å². The number of aryl methyl sites for hydroxylation is 2. The lowest BCUT2D eigenvalue weighted by Gasteiger charge is -2.33. The van der Waals surface area contributed by atoms with Gasteiger partial charge in [0.15, 0.2) is 0 Å². The van der Waals surface area contributed by atoms with Crippen LogP contribution in [0.1, 0.15) is 23.2 Å². The number of aromatic nitrogens is 1. The summed E-state index contributed by atoms with van der Waals surface area (Å²) in [4.78, 5) is 7.06. The molecule has 25 heavy (non-hydrogen) atoms. The molecule has 0 unspecified atom stereocenters. The predicted octanol–water partition coefficient (Wildman–Crippen LogP) is 2.08. The van der Waals surface area contributed by atoms with Gasteiger partial charge in [0.05, 0.1) is 10.6 Å². The Bertz CT molecular complexity index is 844. The number of nitrogens with zero attached hydrogens (tertiary/aromatic N) is 3. The molecular formula is C19H23N3O2S. The molecule has 0 N–H and O–H groups in total. The van der Waals surface area contributed by atoms with Gasteiger partial charge in [-0.3, -0.25) is 9.88 Å². The molecule has 0 atom stereocenters. The smallest absolute Gasteiger partial charge is 0.243 e. The van der Waals surface area contributed by atoms with Crippen LogP contribution < -0.4 is 0 Å². The van der Waals surface area contributed by atoms with Crippen LogP contribution in [-0.4, -0.2) is 48.8 Å². The van der Waals surface area contributed by atoms with Crippen molar-refractivity contribution >= 4 is 10.0 Å². The van der Waals surface area contributed by atoms with Gasteiger partial charge in [0.1, 0.15) is 0 Å². The summed E-state index contributed by atoms with van der Waals surface area (Å²) in [6, 6.07) is 11.6. The number of fused-ring (bicyclic) bond motifs is 1. The van der Waals surface area contributed by atoms with Crippen molar-refractivity contribution in [3.05, 3.63) is 59.4 Å². The number of rotatable bonds is 4. The minimum absolute atomic E-state index is 0.450. The third-order valence-corrected chi connectivity index (χ3v) is 7.05. The standard InChI is InChI=1S/C19H23N3O2S/c23-25(24,19-8-7-16-4-3-5-17(16)14-19)22-12-10-21(11-13-22)15-18-6-1-2-9-20-18/h1-2,6-9,14H,3-5,10-13,15H2. The van der Waals surface area contributed by atoms with E-state index >= 15 is 0 Å². The number of sulfonamides is 1. The molecule has 132 valence electrons. The lowest BCUT2D eigenvalue weighted by Crippen LogP contribution is -2.48. The number of hydrogen-bond donors (Lipinski definition) is 0. The molecule has 1 aromatic heterocycles. The van der Waals surface area contributed by atoms with Crippen molar-refractivity contribution in [3.8, 4) is 0 Å². The Morgan fingerprint density at radius 3 is 2.52 bits per heavy atom. The highest BCUT2D eigenvalue weighted by Gasteiger charge is 2.29. The fourth-order valence-corrected chi connectivity index (χ4v) is 5.18. The van der Waals surface area contributed by atoms with E-state index in [0.717, 1.165) is 44.6 Å². The van der Waals surface area contributed by atoms with Gasteiger partial charge in [0, 0.05) is 38.9 Å². The van der Waals surface area contributed by atoms with E-state index in [-0.39, 0.29) is 0 Å². The number of pyridine rings is 1. The molecule has 0 saturated carbocycles. The minimum atomic E-state index is -3.39. The molecule has 2 aromatic rings. The van der Waals surface area contributed by atoms with Crippen LogP contribution in [0.25, 0.3) is 0 Å². The highest BCUT2D eigenvalue weighted by molar-refractivity contribution is 7.89. The second-order valence-electron chi connectivity index (χ2n) is 6.79. The molecule has 1 aliphatic heterocycles. The molecule has 1 aromatic carbocycles. The monoisotopic (exact) mass is 357 g/mol. The van der Waals surface area contributed by atoms with Crippen LogP contribution in [0.4, 0.5) is 0 Å². The maximum Gasteiger partial charge on any atom is 0.243 e. The number of hydrogen-bond acceptors (Lipinski definition) is 4. The SMILES string of the molecule is O=S(=O)(c1ccc2c(c1)CCC2)N1CCN(Cc2ccccn2)CC1. The molecule has 4 rings (SSSR count). The van der Waals surface area contributed by atoms with Gasteiger partial charge >= 0.3 is 0 Å². The van der Waals surface area contributed by atoms with E-state index in [4.69, 9.17) is 0 Å². The van der Waals surface area contributed by atoms with Crippen LogP contribution in [0, 0.1) is 0 Å².